The molecule has 1 saturated heterocycles. The van der Waals surface area contributed by atoms with E-state index in [2.05, 4.69) is 31.3 Å². The minimum Gasteiger partial charge on any atom is -0.397 e. The van der Waals surface area contributed by atoms with Crippen LogP contribution in [-0.2, 0) is 0 Å². The predicted octanol–water partition coefficient (Wildman–Crippen LogP) is 2.24. The van der Waals surface area contributed by atoms with Crippen molar-refractivity contribution in [3.63, 3.8) is 0 Å². The Kier molecular flexibility index (Phi) is 3.43. The maximum Gasteiger partial charge on any atom is 0.154 e. The van der Waals surface area contributed by atoms with E-state index in [4.69, 9.17) is 5.73 Å². The van der Waals surface area contributed by atoms with Gasteiger partial charge in [-0.2, -0.15) is 0 Å². The van der Waals surface area contributed by atoms with Crippen molar-refractivity contribution in [1.29, 1.82) is 0 Å². The van der Waals surface area contributed by atoms with E-state index in [9.17, 15) is 0 Å². The fourth-order valence-corrected chi connectivity index (χ4v) is 2.15. The Labute approximate surface area is 98.0 Å². The average Bonchev–Trinajstić information content (AvgIpc) is 2.24. The van der Waals surface area contributed by atoms with Gasteiger partial charge in [0.1, 0.15) is 0 Å². The summed E-state index contributed by atoms with van der Waals surface area (Å²) < 4.78 is 0.910. The van der Waals surface area contributed by atoms with Crippen molar-refractivity contribution in [3.05, 3.63) is 16.7 Å². The largest absolute Gasteiger partial charge is 0.397 e. The van der Waals surface area contributed by atoms with Gasteiger partial charge in [0.05, 0.1) is 16.4 Å². The van der Waals surface area contributed by atoms with Crippen molar-refractivity contribution in [2.24, 2.45) is 0 Å². The highest BCUT2D eigenvalue weighted by Gasteiger charge is 2.11. The van der Waals surface area contributed by atoms with Gasteiger partial charge in [-0.3, -0.25) is 0 Å². The lowest BCUT2D eigenvalue weighted by atomic mass is 10.2. The molecule has 3 N–H and O–H groups in total. The maximum atomic E-state index is 5.63. The molecular formula is C10H15BrN4. The number of nitrogens with two attached hydrogens (primary N) is 1. The number of hydrazine groups is 1. The summed E-state index contributed by atoms with van der Waals surface area (Å²) in [6, 6.07) is 1.86. The molecular weight excluding hydrogens is 256 g/mol. The summed E-state index contributed by atoms with van der Waals surface area (Å²) >= 11 is 3.44. The van der Waals surface area contributed by atoms with Gasteiger partial charge in [0, 0.05) is 13.1 Å². The summed E-state index contributed by atoms with van der Waals surface area (Å²) in [6.45, 7) is 2.16. The molecule has 1 fully saturated rings. The zero-order valence-electron chi connectivity index (χ0n) is 8.54. The summed E-state index contributed by atoms with van der Waals surface area (Å²) in [7, 11) is 0. The first-order chi connectivity index (χ1) is 7.25. The van der Waals surface area contributed by atoms with Crippen molar-refractivity contribution in [2.75, 3.05) is 24.2 Å². The minimum absolute atomic E-state index is 0.672. The number of halogens is 1. The van der Waals surface area contributed by atoms with Crippen LogP contribution < -0.4 is 11.2 Å². The Balaban J connectivity index is 2.03. The van der Waals surface area contributed by atoms with E-state index in [1.165, 1.54) is 19.3 Å². The van der Waals surface area contributed by atoms with Crippen molar-refractivity contribution < 1.29 is 0 Å². The second-order valence-electron chi connectivity index (χ2n) is 3.76. The van der Waals surface area contributed by atoms with Gasteiger partial charge in [-0.25, -0.2) is 9.99 Å². The maximum absolute atomic E-state index is 5.63. The molecule has 1 aromatic rings. The molecule has 1 aliphatic rings. The molecule has 0 radical (unpaired) electrons. The SMILES string of the molecule is Nc1cnc(NN2CCCCC2)c(Br)c1. The van der Waals surface area contributed by atoms with Crippen LogP contribution in [0.4, 0.5) is 11.5 Å². The summed E-state index contributed by atoms with van der Waals surface area (Å²) in [5, 5.41) is 2.20. The van der Waals surface area contributed by atoms with E-state index in [-0.39, 0.29) is 0 Å². The second-order valence-corrected chi connectivity index (χ2v) is 4.61. The molecule has 0 unspecified atom stereocenters. The molecule has 0 aromatic carbocycles. The molecule has 0 saturated carbocycles. The van der Waals surface area contributed by atoms with Crippen LogP contribution >= 0.6 is 15.9 Å². The van der Waals surface area contributed by atoms with Crippen LogP contribution in [0.2, 0.25) is 0 Å². The van der Waals surface area contributed by atoms with E-state index in [0.29, 0.717) is 5.69 Å². The highest BCUT2D eigenvalue weighted by Crippen LogP contribution is 2.23. The average molecular weight is 271 g/mol. The fraction of sp³-hybridized carbons (Fsp3) is 0.500. The quantitative estimate of drug-likeness (QED) is 0.866. The van der Waals surface area contributed by atoms with E-state index in [1.54, 1.807) is 6.20 Å². The lowest BCUT2D eigenvalue weighted by molar-refractivity contribution is 0.272. The highest BCUT2D eigenvalue weighted by atomic mass is 79.9. The van der Waals surface area contributed by atoms with Crippen LogP contribution in [0.5, 0.6) is 0 Å². The lowest BCUT2D eigenvalue weighted by Gasteiger charge is -2.27. The van der Waals surface area contributed by atoms with Crippen LogP contribution in [-0.4, -0.2) is 23.1 Å². The van der Waals surface area contributed by atoms with Crippen molar-refractivity contribution in [1.82, 2.24) is 9.99 Å². The molecule has 2 rings (SSSR count). The second kappa shape index (κ2) is 4.81. The number of hydrogen-bond acceptors (Lipinski definition) is 4. The van der Waals surface area contributed by atoms with Gasteiger partial charge in [-0.15, -0.1) is 0 Å². The number of pyridine rings is 1. The molecule has 0 aliphatic carbocycles. The van der Waals surface area contributed by atoms with Gasteiger partial charge in [0.15, 0.2) is 5.82 Å². The third-order valence-corrected chi connectivity index (χ3v) is 3.09. The zero-order chi connectivity index (χ0) is 10.7. The van der Waals surface area contributed by atoms with Gasteiger partial charge in [-0.1, -0.05) is 6.42 Å². The van der Waals surface area contributed by atoms with Crippen molar-refractivity contribution in [2.45, 2.75) is 19.3 Å². The Morgan fingerprint density at radius 1 is 1.33 bits per heavy atom. The molecule has 4 nitrogen and oxygen atoms in total. The molecule has 0 spiro atoms. The number of piperidine rings is 1. The summed E-state index contributed by atoms with van der Waals surface area (Å²) in [5.74, 6) is 0.839. The zero-order valence-corrected chi connectivity index (χ0v) is 10.1. The van der Waals surface area contributed by atoms with Crippen LogP contribution in [0.15, 0.2) is 16.7 Å². The van der Waals surface area contributed by atoms with E-state index in [1.807, 2.05) is 6.07 Å². The first kappa shape index (κ1) is 10.7. The molecule has 82 valence electrons. The van der Waals surface area contributed by atoms with E-state index < -0.39 is 0 Å². The van der Waals surface area contributed by atoms with Crippen LogP contribution in [0.1, 0.15) is 19.3 Å². The molecule has 2 heterocycles. The van der Waals surface area contributed by atoms with Crippen LogP contribution in [0.25, 0.3) is 0 Å². The Morgan fingerprint density at radius 2 is 2.07 bits per heavy atom. The fourth-order valence-electron chi connectivity index (χ4n) is 1.69. The van der Waals surface area contributed by atoms with Gasteiger partial charge in [0.25, 0.3) is 0 Å². The number of rotatable bonds is 2. The minimum atomic E-state index is 0.672. The smallest absolute Gasteiger partial charge is 0.154 e. The molecule has 0 atom stereocenters. The lowest BCUT2D eigenvalue weighted by Crippen LogP contribution is -2.35. The molecule has 1 aromatic heterocycles. The molecule has 15 heavy (non-hydrogen) atoms. The number of nitrogens with one attached hydrogen (secondary N) is 1. The predicted molar refractivity (Wildman–Crippen MR) is 65.4 cm³/mol. The number of anilines is 2. The number of nitrogens with zero attached hydrogens (tertiary/aromatic N) is 2. The standard InChI is InChI=1S/C10H15BrN4/c11-9-6-8(12)7-13-10(9)14-15-4-2-1-3-5-15/h6-7H,1-5,12H2,(H,13,14). The van der Waals surface area contributed by atoms with E-state index in [0.717, 1.165) is 23.4 Å². The summed E-state index contributed by atoms with van der Waals surface area (Å²) in [5.41, 5.74) is 9.60. The first-order valence-electron chi connectivity index (χ1n) is 5.18. The van der Waals surface area contributed by atoms with E-state index >= 15 is 0 Å². The normalized spacial score (nSPS) is 17.7. The van der Waals surface area contributed by atoms with Crippen LogP contribution in [0, 0.1) is 0 Å². The van der Waals surface area contributed by atoms with Crippen molar-refractivity contribution >= 4 is 27.4 Å². The Hall–Kier alpha value is -0.810. The number of aromatic nitrogens is 1. The van der Waals surface area contributed by atoms with Gasteiger partial charge in [0.2, 0.25) is 0 Å². The third-order valence-electron chi connectivity index (χ3n) is 2.48. The number of nitrogen functional groups attached to an aromatic ring is 1. The van der Waals surface area contributed by atoms with Crippen LogP contribution in [0.3, 0.4) is 0 Å². The molecule has 0 amide bonds. The van der Waals surface area contributed by atoms with Gasteiger partial charge < -0.3 is 11.2 Å². The summed E-state index contributed by atoms with van der Waals surface area (Å²) in [6.07, 6.45) is 5.49. The molecule has 1 aliphatic heterocycles. The first-order valence-corrected chi connectivity index (χ1v) is 5.97. The highest BCUT2D eigenvalue weighted by molar-refractivity contribution is 9.10. The topological polar surface area (TPSA) is 54.2 Å². The number of hydrogen-bond donors (Lipinski definition) is 2. The summed E-state index contributed by atoms with van der Waals surface area (Å²) in [4.78, 5) is 4.25. The van der Waals surface area contributed by atoms with Crippen molar-refractivity contribution in [3.8, 4) is 0 Å². The third kappa shape index (κ3) is 2.82. The Morgan fingerprint density at radius 3 is 2.73 bits per heavy atom. The van der Waals surface area contributed by atoms with Gasteiger partial charge in [-0.05, 0) is 34.8 Å². The Bertz CT molecular complexity index is 336. The monoisotopic (exact) mass is 270 g/mol. The molecule has 0 bridgehead atoms. The van der Waals surface area contributed by atoms with Gasteiger partial charge >= 0.3 is 0 Å². The molecule has 5 heteroatoms.